The van der Waals surface area contributed by atoms with Crippen molar-refractivity contribution in [2.45, 2.75) is 64.1 Å². The highest BCUT2D eigenvalue weighted by molar-refractivity contribution is 6.42. The molecule has 2 unspecified atom stereocenters. The molecule has 0 amide bonds. The van der Waals surface area contributed by atoms with Crippen LogP contribution in [-0.4, -0.2) is 18.2 Å². The predicted octanol–water partition coefficient (Wildman–Crippen LogP) is 5.38. The highest BCUT2D eigenvalue weighted by Crippen LogP contribution is 2.34. The maximum absolute atomic E-state index is 6.32. The van der Waals surface area contributed by atoms with Crippen molar-refractivity contribution in [3.63, 3.8) is 0 Å². The Kier molecular flexibility index (Phi) is 5.96. The van der Waals surface area contributed by atoms with Crippen LogP contribution >= 0.6 is 23.2 Å². The molecule has 4 heteroatoms. The zero-order chi connectivity index (χ0) is 15.5. The van der Waals surface area contributed by atoms with Crippen LogP contribution < -0.4 is 5.32 Å². The summed E-state index contributed by atoms with van der Waals surface area (Å²) in [6, 6.07) is 6.47. The predicted molar refractivity (Wildman–Crippen MR) is 90.3 cm³/mol. The van der Waals surface area contributed by atoms with Crippen molar-refractivity contribution in [3.05, 3.63) is 33.8 Å². The van der Waals surface area contributed by atoms with E-state index in [-0.39, 0.29) is 11.6 Å². The van der Waals surface area contributed by atoms with E-state index in [1.807, 2.05) is 18.2 Å². The van der Waals surface area contributed by atoms with Crippen LogP contribution in [0.5, 0.6) is 0 Å². The molecule has 118 valence electrons. The van der Waals surface area contributed by atoms with Crippen molar-refractivity contribution in [1.29, 1.82) is 0 Å². The van der Waals surface area contributed by atoms with Gasteiger partial charge in [-0.2, -0.15) is 0 Å². The average Bonchev–Trinajstić information content (AvgIpc) is 2.50. The molecular weight excluding hydrogens is 305 g/mol. The summed E-state index contributed by atoms with van der Waals surface area (Å²) in [5.41, 5.74) is 1.10. The molecule has 1 aliphatic rings. The van der Waals surface area contributed by atoms with Crippen molar-refractivity contribution in [3.8, 4) is 0 Å². The molecule has 1 saturated heterocycles. The molecule has 0 spiro atoms. The van der Waals surface area contributed by atoms with Gasteiger partial charge in [0.25, 0.3) is 0 Å². The number of rotatable bonds is 5. The molecule has 0 saturated carbocycles. The van der Waals surface area contributed by atoms with Crippen LogP contribution in [0.15, 0.2) is 18.2 Å². The van der Waals surface area contributed by atoms with Gasteiger partial charge in [0, 0.05) is 18.7 Å². The lowest BCUT2D eigenvalue weighted by atomic mass is 9.85. The minimum absolute atomic E-state index is 0.0355. The summed E-state index contributed by atoms with van der Waals surface area (Å²) in [7, 11) is 0. The first-order valence-electron chi connectivity index (χ1n) is 7.85. The molecule has 1 heterocycles. The van der Waals surface area contributed by atoms with E-state index in [2.05, 4.69) is 26.1 Å². The number of hydrogen-bond acceptors (Lipinski definition) is 2. The number of hydrogen-bond donors (Lipinski definition) is 1. The summed E-state index contributed by atoms with van der Waals surface area (Å²) < 4.78 is 6.04. The highest BCUT2D eigenvalue weighted by atomic mass is 35.5. The zero-order valence-electron chi connectivity index (χ0n) is 13.1. The van der Waals surface area contributed by atoms with Crippen molar-refractivity contribution in [1.82, 2.24) is 5.32 Å². The second-order valence-corrected chi connectivity index (χ2v) is 6.74. The Morgan fingerprint density at radius 2 is 2.05 bits per heavy atom. The molecule has 1 aromatic carbocycles. The molecule has 0 aliphatic carbocycles. The Balaban J connectivity index is 2.05. The summed E-state index contributed by atoms with van der Waals surface area (Å²) in [5.74, 6) is 0. The molecule has 21 heavy (non-hydrogen) atoms. The van der Waals surface area contributed by atoms with E-state index in [0.29, 0.717) is 16.1 Å². The summed E-state index contributed by atoms with van der Waals surface area (Å²) in [6.07, 6.45) is 4.23. The molecule has 0 bridgehead atoms. The van der Waals surface area contributed by atoms with E-state index in [1.54, 1.807) is 0 Å². The monoisotopic (exact) mass is 329 g/mol. The van der Waals surface area contributed by atoms with Crippen molar-refractivity contribution in [2.24, 2.45) is 0 Å². The van der Waals surface area contributed by atoms with Gasteiger partial charge in [-0.25, -0.2) is 0 Å². The van der Waals surface area contributed by atoms with Crippen molar-refractivity contribution >= 4 is 23.2 Å². The third-order valence-electron chi connectivity index (χ3n) is 4.72. The van der Waals surface area contributed by atoms with Gasteiger partial charge in [0.2, 0.25) is 0 Å². The largest absolute Gasteiger partial charge is 0.375 e. The van der Waals surface area contributed by atoms with Crippen molar-refractivity contribution < 1.29 is 4.74 Å². The van der Waals surface area contributed by atoms with Crippen molar-refractivity contribution in [2.75, 3.05) is 6.61 Å². The molecule has 2 atom stereocenters. The van der Waals surface area contributed by atoms with Gasteiger partial charge >= 0.3 is 0 Å². The van der Waals surface area contributed by atoms with Crippen LogP contribution in [-0.2, 0) is 4.74 Å². The molecule has 2 nitrogen and oxygen atoms in total. The lowest BCUT2D eigenvalue weighted by Gasteiger charge is -2.41. The Bertz CT molecular complexity index is 474. The van der Waals surface area contributed by atoms with Crippen LogP contribution in [0.1, 0.15) is 58.1 Å². The summed E-state index contributed by atoms with van der Waals surface area (Å²) >= 11 is 12.4. The maximum atomic E-state index is 6.32. The van der Waals surface area contributed by atoms with E-state index in [4.69, 9.17) is 27.9 Å². The second-order valence-electron chi connectivity index (χ2n) is 5.96. The quantitative estimate of drug-likeness (QED) is 0.782. The minimum atomic E-state index is 0.0355. The number of nitrogens with one attached hydrogen (secondary N) is 1. The van der Waals surface area contributed by atoms with Gasteiger partial charge in [-0.3, -0.25) is 0 Å². The topological polar surface area (TPSA) is 21.3 Å². The minimum Gasteiger partial charge on any atom is -0.375 e. The van der Waals surface area contributed by atoms with E-state index < -0.39 is 0 Å². The fourth-order valence-electron chi connectivity index (χ4n) is 3.21. The molecule has 1 aromatic rings. The number of halogens is 2. The lowest BCUT2D eigenvalue weighted by molar-refractivity contribution is -0.0939. The molecule has 2 rings (SSSR count). The van der Waals surface area contributed by atoms with Gasteiger partial charge in [0.1, 0.15) is 0 Å². The smallest absolute Gasteiger partial charge is 0.0692 e. The summed E-state index contributed by atoms with van der Waals surface area (Å²) in [4.78, 5) is 0. The van der Waals surface area contributed by atoms with Gasteiger partial charge in [0.05, 0.1) is 15.6 Å². The Hall–Kier alpha value is -0.280. The Morgan fingerprint density at radius 1 is 1.33 bits per heavy atom. The lowest BCUT2D eigenvalue weighted by Crippen LogP contribution is -2.47. The molecule has 1 aliphatic heterocycles. The first kappa shape index (κ1) is 17.1. The normalized spacial score (nSPS) is 23.0. The zero-order valence-corrected chi connectivity index (χ0v) is 14.6. The molecule has 1 fully saturated rings. The third kappa shape index (κ3) is 3.92. The van der Waals surface area contributed by atoms with Gasteiger partial charge in [0.15, 0.2) is 0 Å². The van der Waals surface area contributed by atoms with Crippen LogP contribution in [0.2, 0.25) is 10.0 Å². The third-order valence-corrected chi connectivity index (χ3v) is 5.55. The van der Waals surface area contributed by atoms with E-state index in [1.165, 1.54) is 0 Å². The van der Waals surface area contributed by atoms with Crippen LogP contribution in [0.3, 0.4) is 0 Å². The van der Waals surface area contributed by atoms with Gasteiger partial charge in [-0.05, 0) is 44.2 Å². The second kappa shape index (κ2) is 7.32. The van der Waals surface area contributed by atoms with Gasteiger partial charge in [-0.15, -0.1) is 0 Å². The number of ether oxygens (including phenoxy) is 1. The molecule has 0 radical (unpaired) electrons. The van der Waals surface area contributed by atoms with Gasteiger partial charge < -0.3 is 10.1 Å². The summed E-state index contributed by atoms with van der Waals surface area (Å²) in [6.45, 7) is 7.40. The molecule has 0 aromatic heterocycles. The Labute approximate surface area is 138 Å². The first-order valence-corrected chi connectivity index (χ1v) is 8.61. The van der Waals surface area contributed by atoms with E-state index >= 15 is 0 Å². The van der Waals surface area contributed by atoms with Crippen LogP contribution in [0, 0.1) is 0 Å². The van der Waals surface area contributed by atoms with Crippen LogP contribution in [0.4, 0.5) is 0 Å². The standard InChI is InChI=1S/C17H25Cl2NO/c1-4-17(5-2)11-13(9-10-21-17)20-12(3)14-7-6-8-15(18)16(14)19/h6-8,12-13,20H,4-5,9-11H2,1-3H3. The molecular formula is C17H25Cl2NO. The van der Waals surface area contributed by atoms with E-state index in [9.17, 15) is 0 Å². The number of benzene rings is 1. The fourth-order valence-corrected chi connectivity index (χ4v) is 3.68. The summed E-state index contributed by atoms with van der Waals surface area (Å²) in [5, 5.41) is 4.98. The van der Waals surface area contributed by atoms with E-state index in [0.717, 1.165) is 37.9 Å². The Morgan fingerprint density at radius 3 is 2.71 bits per heavy atom. The average molecular weight is 330 g/mol. The maximum Gasteiger partial charge on any atom is 0.0692 e. The SMILES string of the molecule is CCC1(CC)CC(NC(C)c2cccc(Cl)c2Cl)CCO1. The first-order chi connectivity index (χ1) is 10.0. The highest BCUT2D eigenvalue weighted by Gasteiger charge is 2.35. The van der Waals surface area contributed by atoms with Gasteiger partial charge in [-0.1, -0.05) is 49.2 Å². The van der Waals surface area contributed by atoms with Crippen LogP contribution in [0.25, 0.3) is 0 Å². The molecule has 1 N–H and O–H groups in total. The fraction of sp³-hybridized carbons (Fsp3) is 0.647.